The van der Waals surface area contributed by atoms with Gasteiger partial charge in [0.25, 0.3) is 11.7 Å². The van der Waals surface area contributed by atoms with Gasteiger partial charge in [-0.2, -0.15) is 4.98 Å². The second-order valence-corrected chi connectivity index (χ2v) is 10.4. The standard InChI is InChI=1S/C18H23FN6O4S/c1-10-21-14(24-29-10)15(26)22-11-6-7-13(19)12(8-11)18(4)9-25(5)30(27,28)17(2,3)16(20)23-18/h6-8H,9H2,1-5H3,(H2,20,23)(H,22,26)/t18-/m0/s1. The highest BCUT2D eigenvalue weighted by atomic mass is 32.2. The molecule has 0 saturated carbocycles. The van der Waals surface area contributed by atoms with E-state index in [0.717, 1.165) is 10.4 Å². The monoisotopic (exact) mass is 438 g/mol. The van der Waals surface area contributed by atoms with Crippen LogP contribution in [0.25, 0.3) is 0 Å². The number of hydrogen-bond acceptors (Lipinski definition) is 8. The minimum atomic E-state index is -3.82. The molecular formula is C18H23FN6O4S. The van der Waals surface area contributed by atoms with Crippen molar-refractivity contribution in [1.29, 1.82) is 0 Å². The molecule has 0 radical (unpaired) electrons. The number of halogens is 1. The number of carbonyl (C=O) groups excluding carboxylic acids is 1. The van der Waals surface area contributed by atoms with E-state index in [1.807, 2.05) is 0 Å². The summed E-state index contributed by atoms with van der Waals surface area (Å²) in [6.45, 7) is 5.88. The van der Waals surface area contributed by atoms with Gasteiger partial charge in [-0.25, -0.2) is 17.1 Å². The van der Waals surface area contributed by atoms with Gasteiger partial charge in [0.15, 0.2) is 0 Å². The fourth-order valence-electron chi connectivity index (χ4n) is 3.22. The van der Waals surface area contributed by atoms with Gasteiger partial charge >= 0.3 is 0 Å². The first-order chi connectivity index (χ1) is 13.8. The Bertz CT molecular complexity index is 1140. The van der Waals surface area contributed by atoms with E-state index in [-0.39, 0.29) is 35.3 Å². The SMILES string of the molecule is Cc1nc(C(=O)Nc2ccc(F)c([C@]3(C)CN(C)S(=O)(=O)C(C)(C)C(N)=N3)c2)no1. The molecule has 10 nitrogen and oxygen atoms in total. The van der Waals surface area contributed by atoms with Gasteiger partial charge in [-0.1, -0.05) is 5.16 Å². The quantitative estimate of drug-likeness (QED) is 0.737. The van der Waals surface area contributed by atoms with E-state index in [2.05, 4.69) is 20.4 Å². The zero-order valence-electron chi connectivity index (χ0n) is 17.2. The Morgan fingerprint density at radius 3 is 2.60 bits per heavy atom. The summed E-state index contributed by atoms with van der Waals surface area (Å²) in [6.07, 6.45) is 0. The molecular weight excluding hydrogens is 415 g/mol. The van der Waals surface area contributed by atoms with Crippen LogP contribution in [-0.2, 0) is 15.6 Å². The predicted molar refractivity (Wildman–Crippen MR) is 108 cm³/mol. The van der Waals surface area contributed by atoms with Crippen LogP contribution < -0.4 is 11.1 Å². The zero-order valence-corrected chi connectivity index (χ0v) is 18.0. The van der Waals surface area contributed by atoms with E-state index in [9.17, 15) is 17.6 Å². The number of amidine groups is 1. The van der Waals surface area contributed by atoms with Crippen LogP contribution in [-0.4, -0.2) is 52.9 Å². The van der Waals surface area contributed by atoms with Crippen molar-refractivity contribution in [3.63, 3.8) is 0 Å². The first kappa shape index (κ1) is 21.8. The van der Waals surface area contributed by atoms with E-state index >= 15 is 0 Å². The molecule has 12 heteroatoms. The molecule has 1 atom stereocenters. The molecule has 1 aliphatic heterocycles. The first-order valence-corrected chi connectivity index (χ1v) is 10.5. The summed E-state index contributed by atoms with van der Waals surface area (Å²) in [6, 6.07) is 3.91. The van der Waals surface area contributed by atoms with Gasteiger partial charge in [0.05, 0.1) is 0 Å². The number of aromatic nitrogens is 2. The lowest BCUT2D eigenvalue weighted by Gasteiger charge is -2.29. The van der Waals surface area contributed by atoms with Crippen LogP contribution in [0.2, 0.25) is 0 Å². The Morgan fingerprint density at radius 2 is 2.00 bits per heavy atom. The number of sulfonamides is 1. The number of nitrogens with zero attached hydrogens (tertiary/aromatic N) is 4. The number of nitrogens with two attached hydrogens (primary N) is 1. The van der Waals surface area contributed by atoms with Crippen molar-refractivity contribution in [3.05, 3.63) is 41.3 Å². The van der Waals surface area contributed by atoms with Gasteiger partial charge in [-0.05, 0) is 39.0 Å². The van der Waals surface area contributed by atoms with Gasteiger partial charge in [0.2, 0.25) is 15.9 Å². The number of aryl methyl sites for hydroxylation is 1. The van der Waals surface area contributed by atoms with E-state index in [1.165, 1.54) is 33.0 Å². The average molecular weight is 438 g/mol. The van der Waals surface area contributed by atoms with E-state index in [1.54, 1.807) is 13.8 Å². The van der Waals surface area contributed by atoms with Crippen molar-refractivity contribution >= 4 is 27.5 Å². The summed E-state index contributed by atoms with van der Waals surface area (Å²) in [4.78, 5) is 20.5. The summed E-state index contributed by atoms with van der Waals surface area (Å²) in [7, 11) is -2.43. The molecule has 1 aliphatic rings. The summed E-state index contributed by atoms with van der Waals surface area (Å²) < 4.78 is 44.9. The summed E-state index contributed by atoms with van der Waals surface area (Å²) >= 11 is 0. The average Bonchev–Trinajstić information content (AvgIpc) is 3.07. The van der Waals surface area contributed by atoms with E-state index < -0.39 is 32.0 Å². The number of anilines is 1. The van der Waals surface area contributed by atoms with Crippen molar-refractivity contribution in [1.82, 2.24) is 14.4 Å². The van der Waals surface area contributed by atoms with Gasteiger partial charge < -0.3 is 15.6 Å². The highest BCUT2D eigenvalue weighted by Crippen LogP contribution is 2.36. The molecule has 0 aliphatic carbocycles. The largest absolute Gasteiger partial charge is 0.386 e. The maximum absolute atomic E-state index is 14.8. The molecule has 0 unspecified atom stereocenters. The minimum Gasteiger partial charge on any atom is -0.386 e. The second kappa shape index (κ2) is 7.13. The molecule has 3 rings (SSSR count). The second-order valence-electron chi connectivity index (χ2n) is 7.83. The Hall–Kier alpha value is -2.86. The summed E-state index contributed by atoms with van der Waals surface area (Å²) in [5, 5.41) is 6.10. The lowest BCUT2D eigenvalue weighted by Crippen LogP contribution is -2.50. The lowest BCUT2D eigenvalue weighted by molar-refractivity contribution is 0.101. The van der Waals surface area contributed by atoms with Crippen LogP contribution in [0.4, 0.5) is 10.1 Å². The molecule has 162 valence electrons. The molecule has 0 bridgehead atoms. The van der Waals surface area contributed by atoms with Gasteiger partial charge in [0.1, 0.15) is 21.9 Å². The molecule has 3 N–H and O–H groups in total. The summed E-state index contributed by atoms with van der Waals surface area (Å²) in [5.41, 5.74) is 5.04. The Morgan fingerprint density at radius 1 is 1.33 bits per heavy atom. The highest BCUT2D eigenvalue weighted by Gasteiger charge is 2.48. The number of amides is 1. The molecule has 1 aromatic carbocycles. The summed E-state index contributed by atoms with van der Waals surface area (Å²) in [5.74, 6) is -1.34. The van der Waals surface area contributed by atoms with Crippen molar-refractivity contribution in [3.8, 4) is 0 Å². The predicted octanol–water partition coefficient (Wildman–Crippen LogP) is 1.40. The van der Waals surface area contributed by atoms with Gasteiger partial charge in [0, 0.05) is 31.8 Å². The maximum atomic E-state index is 14.8. The number of likely N-dealkylation sites (N-methyl/N-ethyl adjacent to an activating group) is 1. The molecule has 0 spiro atoms. The van der Waals surface area contributed by atoms with Crippen LogP contribution in [0.15, 0.2) is 27.7 Å². The Kier molecular flexibility index (Phi) is 5.19. The van der Waals surface area contributed by atoms with E-state index in [0.29, 0.717) is 0 Å². The topological polar surface area (TPSA) is 144 Å². The number of aliphatic imine (C=N–C) groups is 1. The van der Waals surface area contributed by atoms with Crippen LogP contribution in [0.1, 0.15) is 42.8 Å². The zero-order chi connectivity index (χ0) is 22.5. The molecule has 30 heavy (non-hydrogen) atoms. The molecule has 2 heterocycles. The molecule has 1 amide bonds. The van der Waals surface area contributed by atoms with Gasteiger partial charge in [-0.3, -0.25) is 9.79 Å². The number of nitrogens with one attached hydrogen (secondary N) is 1. The molecule has 0 saturated heterocycles. The number of rotatable bonds is 3. The third kappa shape index (κ3) is 3.56. The third-order valence-electron chi connectivity index (χ3n) is 5.10. The Labute approximate surface area is 173 Å². The highest BCUT2D eigenvalue weighted by molar-refractivity contribution is 7.91. The van der Waals surface area contributed by atoms with E-state index in [4.69, 9.17) is 10.3 Å². The lowest BCUT2D eigenvalue weighted by atomic mass is 9.91. The van der Waals surface area contributed by atoms with Crippen molar-refractivity contribution in [2.45, 2.75) is 38.0 Å². The molecule has 1 aromatic heterocycles. The third-order valence-corrected chi connectivity index (χ3v) is 7.55. The number of benzene rings is 1. The maximum Gasteiger partial charge on any atom is 0.297 e. The minimum absolute atomic E-state index is 0.0762. The molecule has 0 fully saturated rings. The van der Waals surface area contributed by atoms with Crippen LogP contribution in [0.5, 0.6) is 0 Å². The number of carbonyl (C=O) groups is 1. The fourth-order valence-corrected chi connectivity index (χ4v) is 4.73. The van der Waals surface area contributed by atoms with Crippen LogP contribution in [0.3, 0.4) is 0 Å². The molecule has 2 aromatic rings. The van der Waals surface area contributed by atoms with Crippen molar-refractivity contribution in [2.75, 3.05) is 18.9 Å². The van der Waals surface area contributed by atoms with Gasteiger partial charge in [-0.15, -0.1) is 0 Å². The number of hydrogen-bond donors (Lipinski definition) is 2. The fraction of sp³-hybridized carbons (Fsp3) is 0.444. The smallest absolute Gasteiger partial charge is 0.297 e. The normalized spacial score (nSPS) is 23.5. The van der Waals surface area contributed by atoms with Crippen molar-refractivity contribution < 1.29 is 22.1 Å². The Balaban J connectivity index is 2.03. The van der Waals surface area contributed by atoms with Crippen molar-refractivity contribution in [2.24, 2.45) is 10.7 Å². The van der Waals surface area contributed by atoms with Crippen LogP contribution in [0, 0.1) is 12.7 Å². The van der Waals surface area contributed by atoms with Crippen LogP contribution >= 0.6 is 0 Å². The first-order valence-electron chi connectivity index (χ1n) is 9.01.